The highest BCUT2D eigenvalue weighted by Crippen LogP contribution is 2.19. The maximum atomic E-state index is 12.3. The maximum Gasteiger partial charge on any atom is 0.320 e. The van der Waals surface area contributed by atoms with Gasteiger partial charge in [0.05, 0.1) is 13.1 Å². The van der Waals surface area contributed by atoms with Gasteiger partial charge in [-0.2, -0.15) is 5.26 Å². The van der Waals surface area contributed by atoms with Gasteiger partial charge in [-0.05, 0) is 13.1 Å². The average Bonchev–Trinajstić information content (AvgIpc) is 2.51. The van der Waals surface area contributed by atoms with Gasteiger partial charge in [-0.3, -0.25) is 0 Å². The Morgan fingerprint density at radius 1 is 1.32 bits per heavy atom. The molecule has 0 radical (unpaired) electrons. The summed E-state index contributed by atoms with van der Waals surface area (Å²) in [6, 6.07) is 5.43. The standard InChI is InChI=1S/C15H19N5O2/c1-18-4-6-19(7-5-18)15(21)20-10-14(11-20)22-13-2-3-17-12(8-13)9-16/h2-3,8,14H,4-7,10-11H2,1H3. The van der Waals surface area contributed by atoms with Crippen molar-refractivity contribution in [1.29, 1.82) is 5.26 Å². The monoisotopic (exact) mass is 301 g/mol. The molecule has 0 aromatic carbocycles. The molecule has 0 unspecified atom stereocenters. The normalized spacial score (nSPS) is 19.5. The van der Waals surface area contributed by atoms with Crippen LogP contribution in [0.1, 0.15) is 5.69 Å². The first kappa shape index (κ1) is 14.6. The highest BCUT2D eigenvalue weighted by Gasteiger charge is 2.35. The molecular formula is C15H19N5O2. The van der Waals surface area contributed by atoms with Crippen LogP contribution >= 0.6 is 0 Å². The lowest BCUT2D eigenvalue weighted by atomic mass is 10.1. The number of nitriles is 1. The van der Waals surface area contributed by atoms with Crippen molar-refractivity contribution in [2.45, 2.75) is 6.10 Å². The molecule has 3 rings (SSSR count). The number of likely N-dealkylation sites (N-methyl/N-ethyl adjacent to an activating group) is 1. The molecule has 1 aromatic heterocycles. The van der Waals surface area contributed by atoms with Crippen molar-refractivity contribution in [3.63, 3.8) is 0 Å². The van der Waals surface area contributed by atoms with Crippen LogP contribution in [-0.4, -0.2) is 78.1 Å². The molecule has 1 aromatic rings. The van der Waals surface area contributed by atoms with Crippen molar-refractivity contribution in [3.05, 3.63) is 24.0 Å². The lowest BCUT2D eigenvalue weighted by Crippen LogP contribution is -2.61. The van der Waals surface area contributed by atoms with E-state index in [2.05, 4.69) is 16.9 Å². The van der Waals surface area contributed by atoms with E-state index in [1.807, 2.05) is 15.9 Å². The Kier molecular flexibility index (Phi) is 4.11. The van der Waals surface area contributed by atoms with Gasteiger partial charge in [-0.15, -0.1) is 0 Å². The number of likely N-dealkylation sites (tertiary alicyclic amines) is 1. The smallest absolute Gasteiger partial charge is 0.320 e. The van der Waals surface area contributed by atoms with Gasteiger partial charge in [0.1, 0.15) is 23.6 Å². The molecule has 2 aliphatic heterocycles. The molecule has 22 heavy (non-hydrogen) atoms. The van der Waals surface area contributed by atoms with Crippen LogP contribution in [0.25, 0.3) is 0 Å². The summed E-state index contributed by atoms with van der Waals surface area (Å²) in [4.78, 5) is 22.1. The van der Waals surface area contributed by atoms with Crippen LogP contribution in [0.3, 0.4) is 0 Å². The molecule has 2 fully saturated rings. The van der Waals surface area contributed by atoms with Crippen molar-refractivity contribution in [2.75, 3.05) is 46.3 Å². The number of hydrogen-bond donors (Lipinski definition) is 0. The number of carbonyl (C=O) groups excluding carboxylic acids is 1. The fourth-order valence-corrected chi connectivity index (χ4v) is 2.60. The summed E-state index contributed by atoms with van der Waals surface area (Å²) in [5, 5.41) is 8.82. The number of rotatable bonds is 2. The molecule has 0 bridgehead atoms. The van der Waals surface area contributed by atoms with Crippen molar-refractivity contribution in [1.82, 2.24) is 19.7 Å². The predicted molar refractivity (Wildman–Crippen MR) is 79.4 cm³/mol. The molecule has 0 atom stereocenters. The molecule has 3 heterocycles. The van der Waals surface area contributed by atoms with Gasteiger partial charge < -0.3 is 19.4 Å². The summed E-state index contributed by atoms with van der Waals surface area (Å²) in [5.41, 5.74) is 0.335. The predicted octanol–water partition coefficient (Wildman–Crippen LogP) is 0.384. The molecule has 2 aliphatic rings. The van der Waals surface area contributed by atoms with Crippen molar-refractivity contribution in [3.8, 4) is 11.8 Å². The molecule has 7 heteroatoms. The maximum absolute atomic E-state index is 12.3. The summed E-state index contributed by atoms with van der Waals surface area (Å²) in [6.07, 6.45) is 1.55. The van der Waals surface area contributed by atoms with Crippen LogP contribution in [-0.2, 0) is 0 Å². The van der Waals surface area contributed by atoms with Crippen LogP contribution in [0, 0.1) is 11.3 Å². The fraction of sp³-hybridized carbons (Fsp3) is 0.533. The first-order valence-electron chi connectivity index (χ1n) is 7.41. The van der Waals surface area contributed by atoms with Crippen LogP contribution in [0.5, 0.6) is 5.75 Å². The third-order valence-electron chi connectivity index (χ3n) is 4.04. The minimum Gasteiger partial charge on any atom is -0.487 e. The Morgan fingerprint density at radius 2 is 2.05 bits per heavy atom. The Bertz CT molecular complexity index is 586. The summed E-state index contributed by atoms with van der Waals surface area (Å²) < 4.78 is 5.77. The van der Waals surface area contributed by atoms with E-state index < -0.39 is 0 Å². The lowest BCUT2D eigenvalue weighted by Gasteiger charge is -2.43. The van der Waals surface area contributed by atoms with Gasteiger partial charge in [0.15, 0.2) is 0 Å². The topological polar surface area (TPSA) is 72.7 Å². The largest absolute Gasteiger partial charge is 0.487 e. The van der Waals surface area contributed by atoms with Crippen LogP contribution < -0.4 is 4.74 Å². The molecule has 2 amide bonds. The van der Waals surface area contributed by atoms with Crippen LogP contribution in [0.2, 0.25) is 0 Å². The zero-order valence-electron chi connectivity index (χ0n) is 12.6. The molecule has 0 aliphatic carbocycles. The Morgan fingerprint density at radius 3 is 2.73 bits per heavy atom. The number of pyridine rings is 1. The number of urea groups is 1. The van der Waals surface area contributed by atoms with Crippen molar-refractivity contribution >= 4 is 6.03 Å². The number of aromatic nitrogens is 1. The van der Waals surface area contributed by atoms with Gasteiger partial charge >= 0.3 is 6.03 Å². The zero-order valence-corrected chi connectivity index (χ0v) is 12.6. The molecule has 0 saturated carbocycles. The number of amides is 2. The minimum atomic E-state index is -0.00893. The number of nitrogens with zero attached hydrogens (tertiary/aromatic N) is 5. The van der Waals surface area contributed by atoms with E-state index in [-0.39, 0.29) is 12.1 Å². The van der Waals surface area contributed by atoms with Crippen molar-refractivity contribution in [2.24, 2.45) is 0 Å². The molecule has 0 N–H and O–H groups in total. The van der Waals surface area contributed by atoms with E-state index in [9.17, 15) is 4.79 Å². The third kappa shape index (κ3) is 3.12. The summed E-state index contributed by atoms with van der Waals surface area (Å²) in [6.45, 7) is 4.60. The second-order valence-electron chi connectivity index (χ2n) is 5.71. The Balaban J connectivity index is 1.47. The second kappa shape index (κ2) is 6.20. The summed E-state index contributed by atoms with van der Waals surface area (Å²) >= 11 is 0. The highest BCUT2D eigenvalue weighted by atomic mass is 16.5. The number of ether oxygens (including phenoxy) is 1. The van der Waals surface area contributed by atoms with Gasteiger partial charge in [-0.1, -0.05) is 0 Å². The summed E-state index contributed by atoms with van der Waals surface area (Å²) in [5.74, 6) is 0.628. The highest BCUT2D eigenvalue weighted by molar-refractivity contribution is 5.75. The van der Waals surface area contributed by atoms with E-state index in [0.717, 1.165) is 26.2 Å². The van der Waals surface area contributed by atoms with Gasteiger partial charge in [-0.25, -0.2) is 9.78 Å². The van der Waals surface area contributed by atoms with Crippen molar-refractivity contribution < 1.29 is 9.53 Å². The number of carbonyl (C=O) groups is 1. The number of piperazine rings is 1. The van der Waals surface area contributed by atoms with Gasteiger partial charge in [0.25, 0.3) is 0 Å². The van der Waals surface area contributed by atoms with E-state index in [1.165, 1.54) is 0 Å². The SMILES string of the molecule is CN1CCN(C(=O)N2CC(Oc3ccnc(C#N)c3)C2)CC1. The van der Waals surface area contributed by atoms with E-state index in [1.54, 1.807) is 18.3 Å². The third-order valence-corrected chi connectivity index (χ3v) is 4.04. The fourth-order valence-electron chi connectivity index (χ4n) is 2.60. The van der Waals surface area contributed by atoms with E-state index >= 15 is 0 Å². The van der Waals surface area contributed by atoms with E-state index in [0.29, 0.717) is 24.5 Å². The quantitative estimate of drug-likeness (QED) is 0.790. The molecule has 2 saturated heterocycles. The molecular weight excluding hydrogens is 282 g/mol. The van der Waals surface area contributed by atoms with E-state index in [4.69, 9.17) is 10.00 Å². The number of hydrogen-bond acceptors (Lipinski definition) is 5. The average molecular weight is 301 g/mol. The minimum absolute atomic E-state index is 0.00893. The van der Waals surface area contributed by atoms with Gasteiger partial charge in [0.2, 0.25) is 0 Å². The summed E-state index contributed by atoms with van der Waals surface area (Å²) in [7, 11) is 2.07. The second-order valence-corrected chi connectivity index (χ2v) is 5.71. The molecule has 0 spiro atoms. The first-order valence-corrected chi connectivity index (χ1v) is 7.41. The first-order chi connectivity index (χ1) is 10.7. The Hall–Kier alpha value is -2.33. The van der Waals surface area contributed by atoms with Gasteiger partial charge in [0, 0.05) is 38.4 Å². The zero-order chi connectivity index (χ0) is 15.5. The molecule has 7 nitrogen and oxygen atoms in total. The molecule has 116 valence electrons. The van der Waals surface area contributed by atoms with Crippen LogP contribution in [0.4, 0.5) is 4.79 Å². The Labute approximate surface area is 129 Å². The lowest BCUT2D eigenvalue weighted by molar-refractivity contribution is 0.0256. The van der Waals surface area contributed by atoms with Crippen LogP contribution in [0.15, 0.2) is 18.3 Å².